The molecule has 0 fully saturated rings. The molecule has 0 atom stereocenters. The number of anilines is 1. The van der Waals surface area contributed by atoms with E-state index in [1.165, 1.54) is 6.07 Å². The maximum Gasteiger partial charge on any atom is 0.336 e. The summed E-state index contributed by atoms with van der Waals surface area (Å²) in [6.07, 6.45) is 0.581. The number of benzene rings is 1. The Morgan fingerprint density at radius 1 is 1.37 bits per heavy atom. The van der Waals surface area contributed by atoms with Crippen LogP contribution in [0.4, 0.5) is 10.5 Å². The minimum atomic E-state index is -1.01. The van der Waals surface area contributed by atoms with Gasteiger partial charge in [0.05, 0.1) is 5.56 Å². The Balaban J connectivity index is 2.66. The summed E-state index contributed by atoms with van der Waals surface area (Å²) in [5.41, 5.74) is 1.19. The number of carbonyl (C=O) groups excluding carboxylic acids is 1. The van der Waals surface area contributed by atoms with E-state index in [1.54, 1.807) is 26.0 Å². The summed E-state index contributed by atoms with van der Waals surface area (Å²) in [6.45, 7) is 3.84. The molecule has 0 aromatic heterocycles. The molecule has 0 radical (unpaired) electrons. The number of hydrogen-bond acceptors (Lipinski definition) is 2. The van der Waals surface area contributed by atoms with Crippen molar-refractivity contribution >= 4 is 17.7 Å². The van der Waals surface area contributed by atoms with Gasteiger partial charge >= 0.3 is 12.0 Å². The molecule has 0 aliphatic heterocycles. The number of carboxylic acids is 1. The molecule has 100 valence electrons. The van der Waals surface area contributed by atoms with Crippen molar-refractivity contribution in [2.45, 2.75) is 20.3 Å². The zero-order valence-corrected chi connectivity index (χ0v) is 10.9. The van der Waals surface area contributed by atoms with Crippen LogP contribution in [0.3, 0.4) is 0 Å². The van der Waals surface area contributed by atoms with Crippen LogP contribution in [-0.2, 0) is 0 Å². The first kappa shape index (κ1) is 14.6. The highest BCUT2D eigenvalue weighted by molar-refractivity contribution is 5.95. The quantitative estimate of drug-likeness (QED) is 0.573. The number of urea groups is 1. The van der Waals surface area contributed by atoms with Crippen LogP contribution in [0, 0.1) is 18.8 Å². The van der Waals surface area contributed by atoms with Gasteiger partial charge in [-0.05, 0) is 31.5 Å². The monoisotopic (exact) mass is 260 g/mol. The highest BCUT2D eigenvalue weighted by atomic mass is 16.4. The topological polar surface area (TPSA) is 78.4 Å². The standard InChI is InChI=1S/C14H16N2O3/c1-3-4-5-9-15-14(19)16-12-8-6-7-11(10(12)2)13(17)18/h6-8H,5,9H2,1-2H3,(H,17,18)(H2,15,16,19). The average molecular weight is 260 g/mol. The van der Waals surface area contributed by atoms with E-state index in [0.29, 0.717) is 24.2 Å². The summed E-state index contributed by atoms with van der Waals surface area (Å²) in [5.74, 6) is 4.55. The maximum absolute atomic E-state index is 11.6. The molecule has 19 heavy (non-hydrogen) atoms. The molecule has 2 amide bonds. The summed E-state index contributed by atoms with van der Waals surface area (Å²) < 4.78 is 0. The summed E-state index contributed by atoms with van der Waals surface area (Å²) in [6, 6.07) is 4.38. The molecular weight excluding hydrogens is 244 g/mol. The van der Waals surface area contributed by atoms with Crippen molar-refractivity contribution in [2.75, 3.05) is 11.9 Å². The van der Waals surface area contributed by atoms with Gasteiger partial charge in [0.25, 0.3) is 0 Å². The van der Waals surface area contributed by atoms with E-state index >= 15 is 0 Å². The van der Waals surface area contributed by atoms with Gasteiger partial charge in [-0.3, -0.25) is 0 Å². The zero-order valence-electron chi connectivity index (χ0n) is 10.9. The van der Waals surface area contributed by atoms with E-state index < -0.39 is 5.97 Å². The predicted molar refractivity (Wildman–Crippen MR) is 73.2 cm³/mol. The highest BCUT2D eigenvalue weighted by Gasteiger charge is 2.11. The van der Waals surface area contributed by atoms with E-state index in [2.05, 4.69) is 22.5 Å². The van der Waals surface area contributed by atoms with Gasteiger partial charge in [0.1, 0.15) is 0 Å². The zero-order chi connectivity index (χ0) is 14.3. The largest absolute Gasteiger partial charge is 0.478 e. The van der Waals surface area contributed by atoms with Crippen molar-refractivity contribution in [1.82, 2.24) is 5.32 Å². The Bertz CT molecular complexity index is 541. The molecule has 5 nitrogen and oxygen atoms in total. The SMILES string of the molecule is CC#CCCNC(=O)Nc1cccc(C(=O)O)c1C. The van der Waals surface area contributed by atoms with Gasteiger partial charge in [0, 0.05) is 18.7 Å². The Hall–Kier alpha value is -2.48. The van der Waals surface area contributed by atoms with Crippen LogP contribution in [0.2, 0.25) is 0 Å². The maximum atomic E-state index is 11.6. The fourth-order valence-corrected chi connectivity index (χ4v) is 1.53. The third-order valence-electron chi connectivity index (χ3n) is 2.52. The second-order valence-electron chi connectivity index (χ2n) is 3.84. The van der Waals surface area contributed by atoms with E-state index in [4.69, 9.17) is 5.11 Å². The lowest BCUT2D eigenvalue weighted by atomic mass is 10.1. The molecule has 0 unspecified atom stereocenters. The number of hydrogen-bond donors (Lipinski definition) is 3. The number of carboxylic acid groups (broad SMARTS) is 1. The van der Waals surface area contributed by atoms with Gasteiger partial charge in [-0.2, -0.15) is 0 Å². The van der Waals surface area contributed by atoms with Crippen LogP contribution in [0.1, 0.15) is 29.3 Å². The van der Waals surface area contributed by atoms with Crippen LogP contribution >= 0.6 is 0 Å². The number of rotatable bonds is 4. The summed E-state index contributed by atoms with van der Waals surface area (Å²) >= 11 is 0. The molecule has 1 aromatic rings. The van der Waals surface area contributed by atoms with Crippen LogP contribution in [0.25, 0.3) is 0 Å². The predicted octanol–water partition coefficient (Wildman–Crippen LogP) is 2.23. The first-order valence-corrected chi connectivity index (χ1v) is 5.83. The molecule has 0 saturated carbocycles. The Morgan fingerprint density at radius 2 is 2.11 bits per heavy atom. The summed E-state index contributed by atoms with van der Waals surface area (Å²) in [7, 11) is 0. The van der Waals surface area contributed by atoms with E-state index in [0.717, 1.165) is 0 Å². The number of amides is 2. The number of aromatic carboxylic acids is 1. The van der Waals surface area contributed by atoms with Crippen LogP contribution in [0.5, 0.6) is 0 Å². The summed E-state index contributed by atoms with van der Waals surface area (Å²) in [5, 5.41) is 14.2. The van der Waals surface area contributed by atoms with Gasteiger partial charge in [0.15, 0.2) is 0 Å². The number of carbonyl (C=O) groups is 2. The molecule has 0 spiro atoms. The van der Waals surface area contributed by atoms with Crippen molar-refractivity contribution in [1.29, 1.82) is 0 Å². The smallest absolute Gasteiger partial charge is 0.336 e. The lowest BCUT2D eigenvalue weighted by Gasteiger charge is -2.10. The summed E-state index contributed by atoms with van der Waals surface area (Å²) in [4.78, 5) is 22.6. The lowest BCUT2D eigenvalue weighted by molar-refractivity contribution is 0.0696. The van der Waals surface area contributed by atoms with Crippen molar-refractivity contribution in [3.63, 3.8) is 0 Å². The fourth-order valence-electron chi connectivity index (χ4n) is 1.53. The molecule has 0 saturated heterocycles. The van der Waals surface area contributed by atoms with Gasteiger partial charge in [-0.25, -0.2) is 9.59 Å². The molecule has 1 rings (SSSR count). The molecule has 0 aliphatic rings. The van der Waals surface area contributed by atoms with E-state index in [1.807, 2.05) is 0 Å². The minimum Gasteiger partial charge on any atom is -0.478 e. The van der Waals surface area contributed by atoms with Gasteiger partial charge < -0.3 is 15.7 Å². The van der Waals surface area contributed by atoms with Crippen molar-refractivity contribution in [3.8, 4) is 11.8 Å². The molecule has 0 heterocycles. The van der Waals surface area contributed by atoms with E-state index in [-0.39, 0.29) is 11.6 Å². The van der Waals surface area contributed by atoms with Gasteiger partial charge in [0.2, 0.25) is 0 Å². The van der Waals surface area contributed by atoms with Crippen LogP contribution in [0.15, 0.2) is 18.2 Å². The van der Waals surface area contributed by atoms with Crippen molar-refractivity contribution < 1.29 is 14.7 Å². The van der Waals surface area contributed by atoms with Gasteiger partial charge in [-0.15, -0.1) is 11.8 Å². The molecule has 1 aromatic carbocycles. The highest BCUT2D eigenvalue weighted by Crippen LogP contribution is 2.18. The minimum absolute atomic E-state index is 0.176. The molecule has 3 N–H and O–H groups in total. The van der Waals surface area contributed by atoms with Crippen LogP contribution in [-0.4, -0.2) is 23.7 Å². The molecule has 0 bridgehead atoms. The Morgan fingerprint density at radius 3 is 2.74 bits per heavy atom. The Labute approximate surface area is 112 Å². The van der Waals surface area contributed by atoms with Crippen molar-refractivity contribution in [2.24, 2.45) is 0 Å². The molecule has 5 heteroatoms. The van der Waals surface area contributed by atoms with Crippen LogP contribution < -0.4 is 10.6 Å². The average Bonchev–Trinajstić information content (AvgIpc) is 2.37. The second-order valence-corrected chi connectivity index (χ2v) is 3.84. The normalized spacial score (nSPS) is 9.16. The van der Waals surface area contributed by atoms with Gasteiger partial charge in [-0.1, -0.05) is 6.07 Å². The fraction of sp³-hybridized carbons (Fsp3) is 0.286. The third kappa shape index (κ3) is 4.36. The number of nitrogens with one attached hydrogen (secondary N) is 2. The molecule has 0 aliphatic carbocycles. The lowest BCUT2D eigenvalue weighted by Crippen LogP contribution is -2.29. The first-order chi connectivity index (χ1) is 9.06. The second kappa shape index (κ2) is 7.07. The molecular formula is C14H16N2O3. The van der Waals surface area contributed by atoms with Crippen molar-refractivity contribution in [3.05, 3.63) is 29.3 Å². The third-order valence-corrected chi connectivity index (χ3v) is 2.52. The van der Waals surface area contributed by atoms with E-state index in [9.17, 15) is 9.59 Å². The first-order valence-electron chi connectivity index (χ1n) is 5.83. The Kier molecular flexibility index (Phi) is 5.42.